The first-order chi connectivity index (χ1) is 14.1. The lowest BCUT2D eigenvalue weighted by atomic mass is 10.1. The fourth-order valence-electron chi connectivity index (χ4n) is 3.97. The number of rotatable bonds is 4. The molecule has 0 spiro atoms. The molecule has 0 aliphatic carbocycles. The van der Waals surface area contributed by atoms with E-state index >= 15 is 0 Å². The molecule has 0 unspecified atom stereocenters. The van der Waals surface area contributed by atoms with Crippen molar-refractivity contribution in [3.63, 3.8) is 0 Å². The molecule has 0 radical (unpaired) electrons. The quantitative estimate of drug-likeness (QED) is 0.743. The third kappa shape index (κ3) is 4.38. The first-order valence-corrected chi connectivity index (χ1v) is 10.1. The van der Waals surface area contributed by atoms with E-state index in [2.05, 4.69) is 46.3 Å². The van der Waals surface area contributed by atoms with E-state index in [1.165, 1.54) is 11.1 Å². The minimum atomic E-state index is -0.224. The van der Waals surface area contributed by atoms with Gasteiger partial charge in [0.15, 0.2) is 0 Å². The molecule has 29 heavy (non-hydrogen) atoms. The van der Waals surface area contributed by atoms with Crippen molar-refractivity contribution in [3.8, 4) is 0 Å². The van der Waals surface area contributed by atoms with Gasteiger partial charge in [0.2, 0.25) is 5.91 Å². The number of aromatic amines is 1. The zero-order valence-electron chi connectivity index (χ0n) is 16.7. The van der Waals surface area contributed by atoms with Crippen molar-refractivity contribution in [3.05, 3.63) is 75.7 Å². The van der Waals surface area contributed by atoms with Crippen LogP contribution in [0.5, 0.6) is 0 Å². The Morgan fingerprint density at radius 2 is 1.76 bits per heavy atom. The number of aromatic nitrogens is 2. The van der Waals surface area contributed by atoms with E-state index in [1.807, 2.05) is 23.1 Å². The van der Waals surface area contributed by atoms with Gasteiger partial charge in [0.1, 0.15) is 0 Å². The number of benzene rings is 2. The zero-order valence-corrected chi connectivity index (χ0v) is 16.7. The van der Waals surface area contributed by atoms with Gasteiger partial charge in [0, 0.05) is 38.1 Å². The van der Waals surface area contributed by atoms with Crippen LogP contribution in [0.3, 0.4) is 0 Å². The summed E-state index contributed by atoms with van der Waals surface area (Å²) < 4.78 is 0. The maximum atomic E-state index is 12.9. The summed E-state index contributed by atoms with van der Waals surface area (Å²) in [6.07, 6.45) is 1.16. The van der Waals surface area contributed by atoms with Crippen molar-refractivity contribution in [1.82, 2.24) is 20.0 Å². The summed E-state index contributed by atoms with van der Waals surface area (Å²) in [4.78, 5) is 29.2. The van der Waals surface area contributed by atoms with E-state index in [9.17, 15) is 9.59 Å². The summed E-state index contributed by atoms with van der Waals surface area (Å²) in [7, 11) is 0. The molecule has 0 saturated carbocycles. The number of nitrogens with zero attached hydrogens (tertiary/aromatic N) is 3. The molecule has 1 fully saturated rings. The van der Waals surface area contributed by atoms with E-state index in [-0.39, 0.29) is 17.9 Å². The number of H-pyrrole nitrogens is 1. The number of hydrogen-bond donors (Lipinski definition) is 1. The molecule has 2 heterocycles. The van der Waals surface area contributed by atoms with Gasteiger partial charge in [-0.2, -0.15) is 5.10 Å². The van der Waals surface area contributed by atoms with Gasteiger partial charge in [-0.15, -0.1) is 0 Å². The van der Waals surface area contributed by atoms with E-state index in [1.54, 1.807) is 6.07 Å². The molecular formula is C23H26N4O2. The molecule has 1 N–H and O–H groups in total. The number of carbonyl (C=O) groups excluding carboxylic acids is 1. The largest absolute Gasteiger partial charge is 0.341 e. The Hall–Kier alpha value is -2.99. The summed E-state index contributed by atoms with van der Waals surface area (Å²) >= 11 is 0. The molecule has 3 aromatic rings. The fourth-order valence-corrected chi connectivity index (χ4v) is 3.97. The van der Waals surface area contributed by atoms with E-state index in [4.69, 9.17) is 0 Å². The van der Waals surface area contributed by atoms with Gasteiger partial charge in [-0.25, -0.2) is 5.10 Å². The molecule has 6 nitrogen and oxygen atoms in total. The molecule has 150 valence electrons. The van der Waals surface area contributed by atoms with Crippen LogP contribution in [-0.4, -0.2) is 52.1 Å². The van der Waals surface area contributed by atoms with Crippen molar-refractivity contribution >= 4 is 16.7 Å². The Balaban J connectivity index is 1.42. The van der Waals surface area contributed by atoms with E-state index < -0.39 is 0 Å². The number of fused-ring (bicyclic) bond motifs is 1. The highest BCUT2D eigenvalue weighted by molar-refractivity contribution is 5.88. The van der Waals surface area contributed by atoms with Crippen LogP contribution in [0, 0.1) is 6.92 Å². The molecule has 6 heteroatoms. The van der Waals surface area contributed by atoms with Crippen molar-refractivity contribution in [1.29, 1.82) is 0 Å². The topological polar surface area (TPSA) is 69.3 Å². The Bertz CT molecular complexity index is 1080. The van der Waals surface area contributed by atoms with E-state index in [0.29, 0.717) is 17.6 Å². The second-order valence-electron chi connectivity index (χ2n) is 7.66. The van der Waals surface area contributed by atoms with Gasteiger partial charge in [0.25, 0.3) is 5.56 Å². The van der Waals surface area contributed by atoms with Gasteiger partial charge in [-0.3, -0.25) is 14.5 Å². The number of carbonyl (C=O) groups is 1. The van der Waals surface area contributed by atoms with Gasteiger partial charge in [-0.05, 0) is 30.5 Å². The van der Waals surface area contributed by atoms with Crippen LogP contribution in [0.4, 0.5) is 0 Å². The number of hydrogen-bond acceptors (Lipinski definition) is 4. The van der Waals surface area contributed by atoms with Crippen LogP contribution in [0.25, 0.3) is 10.8 Å². The Labute approximate surface area is 170 Å². The summed E-state index contributed by atoms with van der Waals surface area (Å²) in [6.45, 7) is 6.37. The smallest absolute Gasteiger partial charge is 0.272 e. The third-order valence-electron chi connectivity index (χ3n) is 5.69. The molecule has 2 aromatic carbocycles. The zero-order chi connectivity index (χ0) is 20.2. The lowest BCUT2D eigenvalue weighted by Crippen LogP contribution is -2.36. The highest BCUT2D eigenvalue weighted by atomic mass is 16.2. The first kappa shape index (κ1) is 19.3. The maximum absolute atomic E-state index is 12.9. The summed E-state index contributed by atoms with van der Waals surface area (Å²) in [6, 6.07) is 15.8. The minimum Gasteiger partial charge on any atom is -0.341 e. The molecule has 1 aliphatic heterocycles. The second kappa shape index (κ2) is 8.57. The molecule has 1 aliphatic rings. The lowest BCUT2D eigenvalue weighted by Gasteiger charge is -2.22. The van der Waals surface area contributed by atoms with Crippen LogP contribution >= 0.6 is 0 Å². The lowest BCUT2D eigenvalue weighted by molar-refractivity contribution is -0.130. The molecule has 0 bridgehead atoms. The third-order valence-corrected chi connectivity index (χ3v) is 5.69. The van der Waals surface area contributed by atoms with Gasteiger partial charge >= 0.3 is 0 Å². The normalized spacial score (nSPS) is 15.4. The molecule has 0 atom stereocenters. The van der Waals surface area contributed by atoms with Crippen molar-refractivity contribution in [2.45, 2.75) is 26.3 Å². The average molecular weight is 390 g/mol. The van der Waals surface area contributed by atoms with Gasteiger partial charge in [0.05, 0.1) is 17.5 Å². The SMILES string of the molecule is Cc1ccccc1CN1CCCN(C(=O)Cc2n[nH]c(=O)c3ccccc23)CC1. The minimum absolute atomic E-state index is 0.0624. The Morgan fingerprint density at radius 1 is 1.00 bits per heavy atom. The summed E-state index contributed by atoms with van der Waals surface area (Å²) in [5.41, 5.74) is 3.06. The highest BCUT2D eigenvalue weighted by Gasteiger charge is 2.21. The van der Waals surface area contributed by atoms with Crippen LogP contribution in [0.2, 0.25) is 0 Å². The molecule has 4 rings (SSSR count). The summed E-state index contributed by atoms with van der Waals surface area (Å²) in [5, 5.41) is 7.99. The monoisotopic (exact) mass is 390 g/mol. The fraction of sp³-hybridized carbons (Fsp3) is 0.348. The highest BCUT2D eigenvalue weighted by Crippen LogP contribution is 2.16. The van der Waals surface area contributed by atoms with Crippen molar-refractivity contribution < 1.29 is 4.79 Å². The van der Waals surface area contributed by atoms with Crippen molar-refractivity contribution in [2.75, 3.05) is 26.2 Å². The molecule has 1 aromatic heterocycles. The Kier molecular flexibility index (Phi) is 5.71. The van der Waals surface area contributed by atoms with Gasteiger partial charge in [-0.1, -0.05) is 42.5 Å². The van der Waals surface area contributed by atoms with Crippen LogP contribution in [0.15, 0.2) is 53.3 Å². The van der Waals surface area contributed by atoms with Crippen molar-refractivity contribution in [2.24, 2.45) is 0 Å². The maximum Gasteiger partial charge on any atom is 0.272 e. The summed E-state index contributed by atoms with van der Waals surface area (Å²) in [5.74, 6) is 0.0624. The Morgan fingerprint density at radius 3 is 2.59 bits per heavy atom. The standard InChI is InChI=1S/C23H26N4O2/c1-17-7-2-3-8-18(17)16-26-11-6-12-27(14-13-26)22(28)15-21-19-9-4-5-10-20(19)23(29)25-24-21/h2-5,7-10H,6,11-16H2,1H3,(H,25,29). The average Bonchev–Trinajstić information content (AvgIpc) is 2.98. The molecule has 1 amide bonds. The number of amides is 1. The molecule has 1 saturated heterocycles. The second-order valence-corrected chi connectivity index (χ2v) is 7.66. The van der Waals surface area contributed by atoms with Crippen LogP contribution in [-0.2, 0) is 17.8 Å². The molecular weight excluding hydrogens is 364 g/mol. The first-order valence-electron chi connectivity index (χ1n) is 10.1. The van der Waals surface area contributed by atoms with Crippen LogP contribution < -0.4 is 5.56 Å². The van der Waals surface area contributed by atoms with Crippen LogP contribution in [0.1, 0.15) is 23.2 Å². The predicted molar refractivity (Wildman–Crippen MR) is 114 cm³/mol. The predicted octanol–water partition coefficient (Wildman–Crippen LogP) is 2.51. The van der Waals surface area contributed by atoms with E-state index in [0.717, 1.165) is 38.0 Å². The number of nitrogens with one attached hydrogen (secondary N) is 1. The number of aryl methyl sites for hydroxylation is 1. The van der Waals surface area contributed by atoms with Gasteiger partial charge < -0.3 is 4.90 Å².